The summed E-state index contributed by atoms with van der Waals surface area (Å²) in [6.07, 6.45) is -3.08. The van der Waals surface area contributed by atoms with Crippen molar-refractivity contribution in [2.45, 2.75) is 178 Å². The Balaban J connectivity index is 1.03. The smallest absolute Gasteiger partial charge is 0.335 e. The van der Waals surface area contributed by atoms with Gasteiger partial charge in [0.25, 0.3) is 0 Å². The number of hydrogen-bond donors (Lipinski definition) is 0. The molecule has 5 fully saturated rings. The van der Waals surface area contributed by atoms with Gasteiger partial charge in [-0.05, 0) is 60.2 Å². The van der Waals surface area contributed by atoms with Crippen LogP contribution in [0.1, 0.15) is 107 Å². The molecule has 4 aromatic rings. The standard InChI is InChI=1S/C59H73N3O13/c1-38-20-19-31-46(50(38)74-58-54(66-35-43-25-13-6-14-26-43)51(39(2)40(3)69-58)65-34-42-23-11-5-12-24-42)71-59-55(73-49(63)33-61-62-60)53(52-48(72-59)37-68-57(75-52)45-29-17-8-18-30-45)70-47(32-41-21-9-4-10-22-41)56(64)67-36-44-27-15-7-16-28-44/h5-8,11-18,23-30,38-41,46-48,50-55,57-59H,4,9-10,19-22,31-37H2,1-3H3/t38?,39?,40?,46-,47+,48+,50-,51?,52+,53?,54?,55?,57?,58?,59-/m1/s1. The molecule has 0 aromatic heterocycles. The number of ether oxygens (including phenoxy) is 11. The minimum atomic E-state index is -1.33. The Morgan fingerprint density at radius 1 is 0.653 bits per heavy atom. The fraction of sp³-hybridized carbons (Fsp3) is 0.559. The van der Waals surface area contributed by atoms with Crippen LogP contribution in [0.3, 0.4) is 0 Å². The van der Waals surface area contributed by atoms with Gasteiger partial charge in [-0.2, -0.15) is 0 Å². The molecular formula is C59H73N3O13. The molecule has 0 N–H and O–H groups in total. The van der Waals surface area contributed by atoms with Crippen LogP contribution in [0, 0.1) is 17.8 Å². The number of esters is 2. The predicted octanol–water partition coefficient (Wildman–Crippen LogP) is 10.7. The summed E-state index contributed by atoms with van der Waals surface area (Å²) < 4.78 is 74.1. The molecule has 75 heavy (non-hydrogen) atoms. The Morgan fingerprint density at radius 3 is 1.92 bits per heavy atom. The van der Waals surface area contributed by atoms with Crippen LogP contribution >= 0.6 is 0 Å². The van der Waals surface area contributed by atoms with Crippen LogP contribution in [0.2, 0.25) is 0 Å². The van der Waals surface area contributed by atoms with E-state index < -0.39 is 92.3 Å². The molecule has 16 nitrogen and oxygen atoms in total. The van der Waals surface area contributed by atoms with Crippen molar-refractivity contribution in [1.29, 1.82) is 0 Å². The van der Waals surface area contributed by atoms with Gasteiger partial charge in [-0.3, -0.25) is 4.79 Å². The lowest BCUT2D eigenvalue weighted by Crippen LogP contribution is -2.66. The Morgan fingerprint density at radius 2 is 1.27 bits per heavy atom. The van der Waals surface area contributed by atoms with Crippen LogP contribution in [0.4, 0.5) is 0 Å². The first-order valence-electron chi connectivity index (χ1n) is 27.0. The van der Waals surface area contributed by atoms with E-state index in [1.165, 1.54) is 0 Å². The SMILES string of the molecule is CC1OC(O[C@@H]2C(C)CCC[C@H]2O[C@@H]2O[C@H]3COC(c4ccccc4)O[C@@H]3C(O[C@@H](CC3CCCCC3)C(=O)OCc3ccccc3)C2OC(=O)CN=[N+]=[N-])C(OCc2ccccc2)C(OCc2ccccc2)C1C. The third-order valence-electron chi connectivity index (χ3n) is 15.4. The molecule has 0 bridgehead atoms. The van der Waals surface area contributed by atoms with Gasteiger partial charge in [0, 0.05) is 16.4 Å². The topological polar surface area (TPSA) is 184 Å². The number of rotatable bonds is 21. The first kappa shape index (κ1) is 54.6. The average molecular weight is 1030 g/mol. The van der Waals surface area contributed by atoms with Gasteiger partial charge in [0.2, 0.25) is 0 Å². The van der Waals surface area contributed by atoms with Crippen molar-refractivity contribution in [1.82, 2.24) is 0 Å². The van der Waals surface area contributed by atoms with E-state index in [-0.39, 0.29) is 37.1 Å². The summed E-state index contributed by atoms with van der Waals surface area (Å²) >= 11 is 0. The predicted molar refractivity (Wildman–Crippen MR) is 275 cm³/mol. The van der Waals surface area contributed by atoms with Crippen molar-refractivity contribution in [2.24, 2.45) is 22.9 Å². The zero-order valence-electron chi connectivity index (χ0n) is 43.3. The number of benzene rings is 4. The number of carbonyl (C=O) groups excluding carboxylic acids is 2. The van der Waals surface area contributed by atoms with Gasteiger partial charge in [-0.15, -0.1) is 0 Å². The molecule has 0 amide bonds. The maximum atomic E-state index is 14.5. The second-order valence-electron chi connectivity index (χ2n) is 20.8. The van der Waals surface area contributed by atoms with Crippen LogP contribution in [-0.4, -0.2) is 98.7 Å². The first-order chi connectivity index (χ1) is 36.7. The number of azide groups is 1. The Bertz CT molecular complexity index is 2410. The van der Waals surface area contributed by atoms with Crippen LogP contribution < -0.4 is 0 Å². The summed E-state index contributed by atoms with van der Waals surface area (Å²) in [4.78, 5) is 31.1. The Hall–Kier alpha value is -5.23. The van der Waals surface area contributed by atoms with Crippen molar-refractivity contribution in [3.8, 4) is 0 Å². The molecule has 3 saturated heterocycles. The second kappa shape index (κ2) is 27.2. The summed E-state index contributed by atoms with van der Waals surface area (Å²) in [5.74, 6) is -1.27. The summed E-state index contributed by atoms with van der Waals surface area (Å²) in [7, 11) is 0. The lowest BCUT2D eigenvalue weighted by atomic mass is 9.85. The number of fused-ring (bicyclic) bond motifs is 1. The molecule has 0 radical (unpaired) electrons. The fourth-order valence-corrected chi connectivity index (χ4v) is 11.2. The largest absolute Gasteiger partial charge is 0.459 e. The van der Waals surface area contributed by atoms with E-state index >= 15 is 0 Å². The maximum absolute atomic E-state index is 14.5. The minimum absolute atomic E-state index is 0.0259. The Kier molecular flexibility index (Phi) is 19.8. The van der Waals surface area contributed by atoms with Crippen molar-refractivity contribution in [3.63, 3.8) is 0 Å². The van der Waals surface area contributed by atoms with E-state index in [1.807, 2.05) is 128 Å². The van der Waals surface area contributed by atoms with Crippen molar-refractivity contribution in [2.75, 3.05) is 13.2 Å². The molecule has 402 valence electrons. The Labute approximate surface area is 440 Å². The van der Waals surface area contributed by atoms with Gasteiger partial charge >= 0.3 is 11.9 Å². The molecule has 2 aliphatic carbocycles. The lowest BCUT2D eigenvalue weighted by Gasteiger charge is -2.51. The minimum Gasteiger partial charge on any atom is -0.459 e. The number of nitrogens with zero attached hydrogens (tertiary/aromatic N) is 3. The van der Waals surface area contributed by atoms with E-state index in [0.29, 0.717) is 26.1 Å². The number of hydrogen-bond acceptors (Lipinski definition) is 14. The van der Waals surface area contributed by atoms with Gasteiger partial charge in [0.1, 0.15) is 37.6 Å². The zero-order valence-corrected chi connectivity index (χ0v) is 43.3. The maximum Gasteiger partial charge on any atom is 0.335 e. The molecule has 0 spiro atoms. The van der Waals surface area contributed by atoms with E-state index in [1.54, 1.807) is 0 Å². The molecule has 5 aliphatic rings. The quantitative estimate of drug-likeness (QED) is 0.0333. The van der Waals surface area contributed by atoms with Gasteiger partial charge < -0.3 is 52.1 Å². The summed E-state index contributed by atoms with van der Waals surface area (Å²) in [6.45, 7) is 6.45. The molecule has 2 saturated carbocycles. The lowest BCUT2D eigenvalue weighted by molar-refractivity contribution is -0.382. The van der Waals surface area contributed by atoms with Gasteiger partial charge in [-0.1, -0.05) is 179 Å². The van der Waals surface area contributed by atoms with Crippen LogP contribution in [0.25, 0.3) is 10.4 Å². The highest BCUT2D eigenvalue weighted by Gasteiger charge is 2.56. The third-order valence-corrected chi connectivity index (χ3v) is 15.4. The molecule has 9 rings (SSSR count). The second-order valence-corrected chi connectivity index (χ2v) is 20.8. The zero-order chi connectivity index (χ0) is 51.9. The van der Waals surface area contributed by atoms with E-state index in [2.05, 4.69) is 23.9 Å². The molecule has 3 aliphatic heterocycles. The van der Waals surface area contributed by atoms with Crippen molar-refractivity contribution < 1.29 is 61.7 Å². The summed E-state index contributed by atoms with van der Waals surface area (Å²) in [6, 6.07) is 39.0. The third kappa shape index (κ3) is 14.6. The fourth-order valence-electron chi connectivity index (χ4n) is 11.2. The molecule has 9 unspecified atom stereocenters. The molecule has 4 aromatic carbocycles. The first-order valence-corrected chi connectivity index (χ1v) is 27.0. The van der Waals surface area contributed by atoms with E-state index in [0.717, 1.165) is 67.2 Å². The van der Waals surface area contributed by atoms with Crippen LogP contribution in [-0.2, 0) is 81.5 Å². The molecule has 16 heteroatoms. The highest BCUT2D eigenvalue weighted by atomic mass is 16.8. The highest BCUT2D eigenvalue weighted by Crippen LogP contribution is 2.42. The summed E-state index contributed by atoms with van der Waals surface area (Å²) in [5, 5.41) is 3.53. The normalized spacial score (nSPS) is 31.5. The van der Waals surface area contributed by atoms with Gasteiger partial charge in [-0.25, -0.2) is 4.79 Å². The molecule has 15 atom stereocenters. The summed E-state index contributed by atoms with van der Waals surface area (Å²) in [5.41, 5.74) is 12.9. The highest BCUT2D eigenvalue weighted by molar-refractivity contribution is 5.75. The van der Waals surface area contributed by atoms with Crippen molar-refractivity contribution in [3.05, 3.63) is 154 Å². The van der Waals surface area contributed by atoms with Crippen LogP contribution in [0.15, 0.2) is 126 Å². The van der Waals surface area contributed by atoms with Crippen molar-refractivity contribution >= 4 is 11.9 Å². The van der Waals surface area contributed by atoms with E-state index in [9.17, 15) is 15.1 Å². The average Bonchev–Trinajstić information content (AvgIpc) is 3.45. The van der Waals surface area contributed by atoms with Crippen LogP contribution in [0.5, 0.6) is 0 Å². The molecule has 3 heterocycles. The number of carbonyl (C=O) groups is 2. The van der Waals surface area contributed by atoms with Gasteiger partial charge in [0.15, 0.2) is 31.1 Å². The van der Waals surface area contributed by atoms with E-state index in [4.69, 9.17) is 52.1 Å². The molecular weight excluding hydrogens is 959 g/mol. The monoisotopic (exact) mass is 1030 g/mol. The van der Waals surface area contributed by atoms with Gasteiger partial charge in [0.05, 0.1) is 44.2 Å².